The molecule has 0 bridgehead atoms. The second-order valence-corrected chi connectivity index (χ2v) is 6.33. The fourth-order valence-corrected chi connectivity index (χ4v) is 3.55. The number of rotatable bonds is 6. The number of Topliss-reactive ketones (excluding diaryl/α,β-unsaturated/α-hetero) is 1. The average molecular weight is 324 g/mol. The first-order valence-electron chi connectivity index (χ1n) is 6.44. The summed E-state index contributed by atoms with van der Waals surface area (Å²) in [6, 6.07) is 4.05. The largest absolute Gasteiger partial charge is 0.464 e. The summed E-state index contributed by atoms with van der Waals surface area (Å²) in [5.74, 6) is -0.749. The minimum absolute atomic E-state index is 0.106. The van der Waals surface area contributed by atoms with E-state index in [1.807, 2.05) is 29.3 Å². The van der Waals surface area contributed by atoms with Gasteiger partial charge in [0.15, 0.2) is 16.6 Å². The standard InChI is InChI=1S/C14H16N2O3S2/c1-4-16(8-10-6-5-7-20-10)14-15-11(13(18)19-3)12(21-14)9(2)17/h5-7H,4,8H2,1-3H3. The van der Waals surface area contributed by atoms with Gasteiger partial charge in [-0.05, 0) is 18.4 Å². The topological polar surface area (TPSA) is 59.5 Å². The van der Waals surface area contributed by atoms with Crippen LogP contribution >= 0.6 is 22.7 Å². The van der Waals surface area contributed by atoms with Crippen LogP contribution < -0.4 is 4.90 Å². The van der Waals surface area contributed by atoms with Crippen LogP contribution in [0.15, 0.2) is 17.5 Å². The molecule has 0 N–H and O–H groups in total. The van der Waals surface area contributed by atoms with Crippen molar-refractivity contribution in [3.63, 3.8) is 0 Å². The number of aromatic nitrogens is 1. The quantitative estimate of drug-likeness (QED) is 0.603. The Morgan fingerprint density at radius 1 is 1.43 bits per heavy atom. The highest BCUT2D eigenvalue weighted by Crippen LogP contribution is 2.29. The van der Waals surface area contributed by atoms with Gasteiger partial charge in [-0.25, -0.2) is 9.78 Å². The minimum Gasteiger partial charge on any atom is -0.464 e. The Kier molecular flexibility index (Phi) is 5.08. The van der Waals surface area contributed by atoms with Gasteiger partial charge in [0.05, 0.1) is 13.7 Å². The molecule has 2 aromatic heterocycles. The number of carbonyl (C=O) groups excluding carboxylic acids is 2. The lowest BCUT2D eigenvalue weighted by Gasteiger charge is -2.18. The molecule has 0 unspecified atom stereocenters. The van der Waals surface area contributed by atoms with E-state index in [-0.39, 0.29) is 11.5 Å². The zero-order chi connectivity index (χ0) is 15.4. The highest BCUT2D eigenvalue weighted by Gasteiger charge is 2.24. The molecule has 0 aliphatic heterocycles. The van der Waals surface area contributed by atoms with Crippen molar-refractivity contribution in [3.05, 3.63) is 33.0 Å². The maximum atomic E-state index is 11.7. The third-order valence-corrected chi connectivity index (χ3v) is 4.97. The Morgan fingerprint density at radius 3 is 2.71 bits per heavy atom. The lowest BCUT2D eigenvalue weighted by molar-refractivity contribution is 0.0591. The van der Waals surface area contributed by atoms with Gasteiger partial charge >= 0.3 is 5.97 Å². The molecule has 0 spiro atoms. The predicted molar refractivity (Wildman–Crippen MR) is 84.5 cm³/mol. The van der Waals surface area contributed by atoms with Crippen LogP contribution in [0, 0.1) is 0 Å². The maximum Gasteiger partial charge on any atom is 0.358 e. The number of ether oxygens (including phenoxy) is 1. The highest BCUT2D eigenvalue weighted by molar-refractivity contribution is 7.17. The molecule has 0 aliphatic carbocycles. The Hall–Kier alpha value is -1.73. The summed E-state index contributed by atoms with van der Waals surface area (Å²) in [6.45, 7) is 4.89. The SMILES string of the molecule is CCN(Cc1cccs1)c1nc(C(=O)OC)c(C(C)=O)s1. The zero-order valence-corrected chi connectivity index (χ0v) is 13.7. The zero-order valence-electron chi connectivity index (χ0n) is 12.1. The van der Waals surface area contributed by atoms with Crippen LogP contribution in [0.1, 0.15) is 38.9 Å². The number of hydrogen-bond donors (Lipinski definition) is 0. The van der Waals surface area contributed by atoms with Crippen LogP contribution in [-0.2, 0) is 11.3 Å². The number of ketones is 1. The molecule has 0 radical (unpaired) electrons. The summed E-state index contributed by atoms with van der Waals surface area (Å²) in [5, 5.41) is 2.68. The predicted octanol–water partition coefficient (Wildman–Crippen LogP) is 3.22. The normalized spacial score (nSPS) is 10.4. The lowest BCUT2D eigenvalue weighted by atomic mass is 10.3. The molecular weight excluding hydrogens is 308 g/mol. The molecule has 0 amide bonds. The molecule has 0 aliphatic rings. The molecule has 2 aromatic rings. The van der Waals surface area contributed by atoms with E-state index in [9.17, 15) is 9.59 Å². The van der Waals surface area contributed by atoms with E-state index in [1.165, 1.54) is 30.2 Å². The molecule has 2 heterocycles. The first kappa shape index (κ1) is 15.7. The van der Waals surface area contributed by atoms with Gasteiger partial charge in [0.2, 0.25) is 0 Å². The van der Waals surface area contributed by atoms with Crippen molar-refractivity contribution in [1.29, 1.82) is 0 Å². The van der Waals surface area contributed by atoms with E-state index in [4.69, 9.17) is 4.74 Å². The van der Waals surface area contributed by atoms with Gasteiger partial charge in [0.25, 0.3) is 0 Å². The van der Waals surface area contributed by atoms with Gasteiger partial charge in [-0.15, -0.1) is 11.3 Å². The summed E-state index contributed by atoms with van der Waals surface area (Å²) in [4.78, 5) is 31.3. The van der Waals surface area contributed by atoms with Crippen molar-refractivity contribution in [1.82, 2.24) is 4.98 Å². The average Bonchev–Trinajstić information content (AvgIpc) is 3.12. The number of esters is 1. The van der Waals surface area contributed by atoms with Gasteiger partial charge in [0.1, 0.15) is 4.88 Å². The number of carbonyl (C=O) groups is 2. The molecular formula is C14H16N2O3S2. The van der Waals surface area contributed by atoms with Crippen LogP contribution in [-0.4, -0.2) is 30.4 Å². The Balaban J connectivity index is 2.33. The van der Waals surface area contributed by atoms with E-state index >= 15 is 0 Å². The van der Waals surface area contributed by atoms with Gasteiger partial charge < -0.3 is 9.64 Å². The second kappa shape index (κ2) is 6.82. The van der Waals surface area contributed by atoms with Crippen LogP contribution in [0.2, 0.25) is 0 Å². The molecule has 5 nitrogen and oxygen atoms in total. The molecule has 0 aromatic carbocycles. The first-order valence-corrected chi connectivity index (χ1v) is 8.13. The fourth-order valence-electron chi connectivity index (χ4n) is 1.82. The third kappa shape index (κ3) is 3.48. The molecule has 2 rings (SSSR count). The van der Waals surface area contributed by atoms with Crippen molar-refractivity contribution in [2.45, 2.75) is 20.4 Å². The third-order valence-electron chi connectivity index (χ3n) is 2.89. The van der Waals surface area contributed by atoms with Crippen LogP contribution in [0.25, 0.3) is 0 Å². The van der Waals surface area contributed by atoms with E-state index in [0.717, 1.165) is 6.54 Å². The number of methoxy groups -OCH3 is 1. The molecule has 7 heteroatoms. The number of nitrogens with zero attached hydrogens (tertiary/aromatic N) is 2. The minimum atomic E-state index is -0.574. The van der Waals surface area contributed by atoms with Crippen molar-refractivity contribution >= 4 is 39.6 Å². The van der Waals surface area contributed by atoms with Gasteiger partial charge in [-0.3, -0.25) is 4.79 Å². The smallest absolute Gasteiger partial charge is 0.358 e. The van der Waals surface area contributed by atoms with Crippen molar-refractivity contribution in [2.24, 2.45) is 0 Å². The number of anilines is 1. The van der Waals surface area contributed by atoms with Crippen molar-refractivity contribution in [2.75, 3.05) is 18.6 Å². The number of thiophene rings is 1. The molecule has 0 fully saturated rings. The summed E-state index contributed by atoms with van der Waals surface area (Å²) < 4.78 is 4.70. The highest BCUT2D eigenvalue weighted by atomic mass is 32.1. The Labute approximate surface area is 131 Å². The van der Waals surface area contributed by atoms with Gasteiger partial charge in [0, 0.05) is 18.3 Å². The molecule has 0 saturated carbocycles. The summed E-state index contributed by atoms with van der Waals surface area (Å²) >= 11 is 2.90. The molecule has 0 atom stereocenters. The van der Waals surface area contributed by atoms with E-state index < -0.39 is 5.97 Å². The van der Waals surface area contributed by atoms with Crippen molar-refractivity contribution < 1.29 is 14.3 Å². The maximum absolute atomic E-state index is 11.7. The Bertz CT molecular complexity index is 635. The molecule has 0 saturated heterocycles. The van der Waals surface area contributed by atoms with Crippen LogP contribution in [0.3, 0.4) is 0 Å². The monoisotopic (exact) mass is 324 g/mol. The fraction of sp³-hybridized carbons (Fsp3) is 0.357. The summed E-state index contributed by atoms with van der Waals surface area (Å²) in [7, 11) is 1.29. The van der Waals surface area contributed by atoms with Crippen molar-refractivity contribution in [3.8, 4) is 0 Å². The molecule has 112 valence electrons. The Morgan fingerprint density at radius 2 is 2.19 bits per heavy atom. The number of hydrogen-bond acceptors (Lipinski definition) is 7. The van der Waals surface area contributed by atoms with Crippen LogP contribution in [0.5, 0.6) is 0 Å². The van der Waals surface area contributed by atoms with E-state index in [0.29, 0.717) is 16.6 Å². The van der Waals surface area contributed by atoms with Crippen LogP contribution in [0.4, 0.5) is 5.13 Å². The van der Waals surface area contributed by atoms with Gasteiger partial charge in [-0.1, -0.05) is 17.4 Å². The summed E-state index contributed by atoms with van der Waals surface area (Å²) in [5.41, 5.74) is 0.106. The van der Waals surface area contributed by atoms with E-state index in [1.54, 1.807) is 11.3 Å². The lowest BCUT2D eigenvalue weighted by Crippen LogP contribution is -2.21. The summed E-state index contributed by atoms with van der Waals surface area (Å²) in [6.07, 6.45) is 0. The number of thiazole rings is 1. The second-order valence-electron chi connectivity index (χ2n) is 4.32. The van der Waals surface area contributed by atoms with Gasteiger partial charge in [-0.2, -0.15) is 0 Å². The van der Waals surface area contributed by atoms with E-state index in [2.05, 4.69) is 4.98 Å². The molecule has 21 heavy (non-hydrogen) atoms. The first-order chi connectivity index (χ1) is 10.1.